The van der Waals surface area contributed by atoms with E-state index in [9.17, 15) is 4.79 Å². The van der Waals surface area contributed by atoms with Gasteiger partial charge in [0.25, 0.3) is 0 Å². The Kier molecular flexibility index (Phi) is 4.05. The zero-order chi connectivity index (χ0) is 16.6. The molecule has 1 amide bonds. The number of halogens is 1. The van der Waals surface area contributed by atoms with Crippen molar-refractivity contribution in [2.45, 2.75) is 26.2 Å². The van der Waals surface area contributed by atoms with Crippen LogP contribution in [0.5, 0.6) is 0 Å². The number of carboxylic acid groups (broad SMARTS) is 1. The summed E-state index contributed by atoms with van der Waals surface area (Å²) in [5.74, 6) is 1.99. The average Bonchev–Trinajstić information content (AvgIpc) is 3.04. The number of furan rings is 2. The molecule has 3 rings (SSSR count). The van der Waals surface area contributed by atoms with Gasteiger partial charge >= 0.3 is 6.09 Å². The number of nitrogens with one attached hydrogen (secondary N) is 1. The molecule has 120 valence electrons. The summed E-state index contributed by atoms with van der Waals surface area (Å²) in [6.45, 7) is 4.13. The minimum atomic E-state index is -1.16. The molecule has 0 fully saturated rings. The monoisotopic (exact) mass is 333 g/mol. The first-order chi connectivity index (χ1) is 10.9. The quantitative estimate of drug-likeness (QED) is 0.662. The lowest BCUT2D eigenvalue weighted by Crippen LogP contribution is -2.05. The fraction of sp³-hybridized carbons (Fsp3) is 0.235. The molecule has 0 aliphatic carbocycles. The van der Waals surface area contributed by atoms with Gasteiger partial charge in [0.2, 0.25) is 5.88 Å². The summed E-state index contributed by atoms with van der Waals surface area (Å²) in [5, 5.41) is 12.4. The van der Waals surface area contributed by atoms with E-state index in [1.165, 1.54) is 0 Å². The smallest absolute Gasteiger partial charge is 0.411 e. The summed E-state index contributed by atoms with van der Waals surface area (Å²) in [4.78, 5) is 10.6. The van der Waals surface area contributed by atoms with Crippen LogP contribution in [0.1, 0.15) is 36.8 Å². The summed E-state index contributed by atoms with van der Waals surface area (Å²) >= 11 is 6.19. The molecule has 6 heteroatoms. The maximum absolute atomic E-state index is 10.6. The molecule has 3 aromatic rings. The lowest BCUT2D eigenvalue weighted by atomic mass is 10.1. The van der Waals surface area contributed by atoms with Gasteiger partial charge in [-0.15, -0.1) is 0 Å². The van der Waals surface area contributed by atoms with Gasteiger partial charge in [0.1, 0.15) is 17.1 Å². The number of hydrogen-bond donors (Lipinski definition) is 2. The third-order valence-electron chi connectivity index (χ3n) is 3.50. The van der Waals surface area contributed by atoms with Gasteiger partial charge in [0.15, 0.2) is 0 Å². The second kappa shape index (κ2) is 6.01. The fourth-order valence-corrected chi connectivity index (χ4v) is 2.70. The largest absolute Gasteiger partial charge is 0.465 e. The Bertz CT molecular complexity index is 863. The lowest BCUT2D eigenvalue weighted by molar-refractivity contribution is 0.209. The molecule has 2 heterocycles. The van der Waals surface area contributed by atoms with Crippen LogP contribution in [0.3, 0.4) is 0 Å². The molecule has 0 bridgehead atoms. The molecule has 0 saturated carbocycles. The third kappa shape index (κ3) is 3.35. The van der Waals surface area contributed by atoms with Crippen LogP contribution < -0.4 is 5.32 Å². The van der Waals surface area contributed by atoms with Crippen molar-refractivity contribution in [1.29, 1.82) is 0 Å². The van der Waals surface area contributed by atoms with Gasteiger partial charge in [-0.05, 0) is 24.3 Å². The molecule has 1 aromatic carbocycles. The number of rotatable bonds is 4. The van der Waals surface area contributed by atoms with Gasteiger partial charge in [-0.1, -0.05) is 25.4 Å². The lowest BCUT2D eigenvalue weighted by Gasteiger charge is -2.02. The molecule has 0 spiro atoms. The molecule has 0 saturated heterocycles. The Morgan fingerprint density at radius 3 is 2.74 bits per heavy atom. The van der Waals surface area contributed by atoms with E-state index in [4.69, 9.17) is 25.5 Å². The molecule has 2 aromatic heterocycles. The predicted octanol–water partition coefficient (Wildman–Crippen LogP) is 5.48. The second-order valence-electron chi connectivity index (χ2n) is 5.66. The van der Waals surface area contributed by atoms with E-state index in [1.54, 1.807) is 12.1 Å². The highest BCUT2D eigenvalue weighted by Gasteiger charge is 2.14. The number of hydrogen-bond acceptors (Lipinski definition) is 3. The van der Waals surface area contributed by atoms with Crippen LogP contribution in [-0.2, 0) is 6.42 Å². The SMILES string of the molecule is CC(C)c1cc2cc(Cl)cc(Cc3ccc(NC(=O)O)o3)c2o1. The molecule has 0 unspecified atom stereocenters. The van der Waals surface area contributed by atoms with Crippen LogP contribution >= 0.6 is 11.6 Å². The Morgan fingerprint density at radius 2 is 2.04 bits per heavy atom. The van der Waals surface area contributed by atoms with Crippen LogP contribution in [0.4, 0.5) is 10.7 Å². The number of benzene rings is 1. The van der Waals surface area contributed by atoms with Gasteiger partial charge in [0, 0.05) is 34.4 Å². The van der Waals surface area contributed by atoms with Crippen molar-refractivity contribution < 1.29 is 18.7 Å². The molecule has 0 aliphatic heterocycles. The molecule has 23 heavy (non-hydrogen) atoms. The van der Waals surface area contributed by atoms with E-state index >= 15 is 0 Å². The van der Waals surface area contributed by atoms with Gasteiger partial charge in [-0.25, -0.2) is 4.79 Å². The molecule has 2 N–H and O–H groups in total. The highest BCUT2D eigenvalue weighted by atomic mass is 35.5. The first kappa shape index (κ1) is 15.5. The van der Waals surface area contributed by atoms with E-state index in [0.717, 1.165) is 22.3 Å². The van der Waals surface area contributed by atoms with Gasteiger partial charge in [-0.3, -0.25) is 5.32 Å². The summed E-state index contributed by atoms with van der Waals surface area (Å²) in [6, 6.07) is 9.01. The first-order valence-electron chi connectivity index (χ1n) is 7.23. The molecular weight excluding hydrogens is 318 g/mol. The molecular formula is C17H16ClNO4. The Labute approximate surface area is 137 Å². The van der Waals surface area contributed by atoms with Crippen molar-refractivity contribution in [3.63, 3.8) is 0 Å². The normalized spacial score (nSPS) is 11.3. The Hall–Kier alpha value is -2.40. The summed E-state index contributed by atoms with van der Waals surface area (Å²) < 4.78 is 11.4. The van der Waals surface area contributed by atoms with Crippen LogP contribution in [0.25, 0.3) is 11.0 Å². The van der Waals surface area contributed by atoms with Crippen LogP contribution in [0.15, 0.2) is 39.2 Å². The van der Waals surface area contributed by atoms with Crippen molar-refractivity contribution in [2.24, 2.45) is 0 Å². The molecule has 0 atom stereocenters. The topological polar surface area (TPSA) is 75.6 Å². The third-order valence-corrected chi connectivity index (χ3v) is 3.72. The van der Waals surface area contributed by atoms with E-state index in [2.05, 4.69) is 19.2 Å². The average molecular weight is 334 g/mol. The Balaban J connectivity index is 1.95. The van der Waals surface area contributed by atoms with E-state index in [-0.39, 0.29) is 11.8 Å². The summed E-state index contributed by atoms with van der Waals surface area (Å²) in [6.07, 6.45) is -0.702. The summed E-state index contributed by atoms with van der Waals surface area (Å²) in [7, 11) is 0. The zero-order valence-corrected chi connectivity index (χ0v) is 13.5. The predicted molar refractivity (Wildman–Crippen MR) is 88.5 cm³/mol. The molecule has 0 radical (unpaired) electrons. The molecule has 0 aliphatic rings. The van der Waals surface area contributed by atoms with Crippen molar-refractivity contribution >= 4 is 34.5 Å². The maximum Gasteiger partial charge on any atom is 0.411 e. The van der Waals surface area contributed by atoms with Gasteiger partial charge in [0.05, 0.1) is 0 Å². The van der Waals surface area contributed by atoms with Crippen molar-refractivity contribution in [2.75, 3.05) is 5.32 Å². The van der Waals surface area contributed by atoms with Crippen LogP contribution in [-0.4, -0.2) is 11.2 Å². The number of amides is 1. The molecule has 5 nitrogen and oxygen atoms in total. The zero-order valence-electron chi connectivity index (χ0n) is 12.7. The Morgan fingerprint density at radius 1 is 1.26 bits per heavy atom. The minimum absolute atomic E-state index is 0.188. The fourth-order valence-electron chi connectivity index (χ4n) is 2.45. The highest BCUT2D eigenvalue weighted by molar-refractivity contribution is 6.31. The minimum Gasteiger partial charge on any atom is -0.465 e. The van der Waals surface area contributed by atoms with E-state index in [0.29, 0.717) is 17.2 Å². The van der Waals surface area contributed by atoms with Crippen molar-refractivity contribution in [3.05, 3.63) is 52.4 Å². The summed E-state index contributed by atoms with van der Waals surface area (Å²) in [5.41, 5.74) is 1.68. The number of anilines is 1. The first-order valence-corrected chi connectivity index (χ1v) is 7.60. The van der Waals surface area contributed by atoms with Crippen LogP contribution in [0, 0.1) is 0 Å². The standard InChI is InChI=1S/C17H16ClNO4/c1-9(2)14-8-11-6-12(18)5-10(16(11)23-14)7-13-3-4-15(22-13)19-17(20)21/h3-6,8-9,19H,7H2,1-2H3,(H,20,21). The second-order valence-corrected chi connectivity index (χ2v) is 6.10. The number of fused-ring (bicyclic) bond motifs is 1. The highest BCUT2D eigenvalue weighted by Crippen LogP contribution is 2.32. The van der Waals surface area contributed by atoms with E-state index < -0.39 is 6.09 Å². The van der Waals surface area contributed by atoms with Gasteiger partial charge in [-0.2, -0.15) is 0 Å². The van der Waals surface area contributed by atoms with Gasteiger partial charge < -0.3 is 13.9 Å². The maximum atomic E-state index is 10.6. The van der Waals surface area contributed by atoms with Crippen LogP contribution in [0.2, 0.25) is 5.02 Å². The van der Waals surface area contributed by atoms with Crippen molar-refractivity contribution in [1.82, 2.24) is 0 Å². The van der Waals surface area contributed by atoms with Crippen molar-refractivity contribution in [3.8, 4) is 0 Å². The number of carbonyl (C=O) groups is 1. The van der Waals surface area contributed by atoms with E-state index in [1.807, 2.05) is 18.2 Å².